The van der Waals surface area contributed by atoms with Gasteiger partial charge in [-0.3, -0.25) is 0 Å². The summed E-state index contributed by atoms with van der Waals surface area (Å²) in [6.07, 6.45) is 4.08. The maximum atomic E-state index is 6.01. The third-order valence-electron chi connectivity index (χ3n) is 4.18. The van der Waals surface area contributed by atoms with Crippen LogP contribution in [0.15, 0.2) is 30.3 Å². The van der Waals surface area contributed by atoms with E-state index < -0.39 is 0 Å². The molecule has 0 radical (unpaired) electrons. The van der Waals surface area contributed by atoms with Gasteiger partial charge in [0, 0.05) is 18.5 Å². The summed E-state index contributed by atoms with van der Waals surface area (Å²) in [6, 6.07) is 11.5. The van der Waals surface area contributed by atoms with Crippen LogP contribution >= 0.6 is 0 Å². The fraction of sp³-hybridized carbons (Fsp3) is 0.625. The summed E-state index contributed by atoms with van der Waals surface area (Å²) in [7, 11) is 0. The topological polar surface area (TPSA) is 21.3 Å². The first-order valence-electron chi connectivity index (χ1n) is 7.10. The molecule has 1 aliphatic carbocycles. The molecule has 1 aromatic rings. The molecule has 1 heterocycles. The van der Waals surface area contributed by atoms with E-state index in [0.29, 0.717) is 12.1 Å². The summed E-state index contributed by atoms with van der Waals surface area (Å²) in [5.41, 5.74) is 1.57. The molecule has 2 nitrogen and oxygen atoms in total. The Morgan fingerprint density at radius 1 is 1.28 bits per heavy atom. The molecule has 0 bridgehead atoms. The van der Waals surface area contributed by atoms with Crippen molar-refractivity contribution in [2.24, 2.45) is 0 Å². The van der Waals surface area contributed by atoms with E-state index in [1.165, 1.54) is 24.8 Å². The predicted molar refractivity (Wildman–Crippen MR) is 73.8 cm³/mol. The highest BCUT2D eigenvalue weighted by atomic mass is 16.5. The Kier molecular flexibility index (Phi) is 3.16. The average Bonchev–Trinajstić information content (AvgIpc) is 3.06. The minimum Gasteiger partial charge on any atom is -0.371 e. The largest absolute Gasteiger partial charge is 0.371 e. The van der Waals surface area contributed by atoms with Crippen molar-refractivity contribution in [2.45, 2.75) is 56.8 Å². The van der Waals surface area contributed by atoms with Crippen LogP contribution in [0.4, 0.5) is 0 Å². The molecule has 1 N–H and O–H groups in total. The Morgan fingerprint density at radius 2 is 2.06 bits per heavy atom. The summed E-state index contributed by atoms with van der Waals surface area (Å²) in [5, 5.41) is 3.66. The smallest absolute Gasteiger partial charge is 0.0707 e. The van der Waals surface area contributed by atoms with Crippen LogP contribution in [-0.4, -0.2) is 24.3 Å². The van der Waals surface area contributed by atoms with Crippen LogP contribution in [0.5, 0.6) is 0 Å². The van der Waals surface area contributed by atoms with Crippen molar-refractivity contribution in [1.82, 2.24) is 5.32 Å². The zero-order chi connectivity index (χ0) is 12.6. The number of nitrogens with one attached hydrogen (secondary N) is 1. The summed E-state index contributed by atoms with van der Waals surface area (Å²) in [4.78, 5) is 0. The van der Waals surface area contributed by atoms with Crippen molar-refractivity contribution in [3.63, 3.8) is 0 Å². The lowest BCUT2D eigenvalue weighted by atomic mass is 10.1. The summed E-state index contributed by atoms with van der Waals surface area (Å²) in [6.45, 7) is 5.39. The molecule has 0 spiro atoms. The van der Waals surface area contributed by atoms with Crippen molar-refractivity contribution in [3.05, 3.63) is 35.9 Å². The zero-order valence-corrected chi connectivity index (χ0v) is 11.4. The van der Waals surface area contributed by atoms with Crippen LogP contribution in [0, 0.1) is 0 Å². The summed E-state index contributed by atoms with van der Waals surface area (Å²) in [5.74, 6) is 0.723. The highest BCUT2D eigenvalue weighted by Gasteiger charge is 2.39. The quantitative estimate of drug-likeness (QED) is 0.880. The Bertz CT molecular complexity index is 401. The molecule has 3 unspecified atom stereocenters. The van der Waals surface area contributed by atoms with Gasteiger partial charge < -0.3 is 10.1 Å². The monoisotopic (exact) mass is 245 g/mol. The third-order valence-corrected chi connectivity index (χ3v) is 4.18. The first-order chi connectivity index (χ1) is 8.64. The highest BCUT2D eigenvalue weighted by Crippen LogP contribution is 2.40. The van der Waals surface area contributed by atoms with E-state index >= 15 is 0 Å². The molecular weight excluding hydrogens is 222 g/mol. The van der Waals surface area contributed by atoms with Gasteiger partial charge >= 0.3 is 0 Å². The van der Waals surface area contributed by atoms with Crippen molar-refractivity contribution in [3.8, 4) is 0 Å². The van der Waals surface area contributed by atoms with E-state index in [-0.39, 0.29) is 5.60 Å². The van der Waals surface area contributed by atoms with Crippen LogP contribution < -0.4 is 5.32 Å². The number of hydrogen-bond acceptors (Lipinski definition) is 2. The molecule has 3 rings (SSSR count). The summed E-state index contributed by atoms with van der Waals surface area (Å²) >= 11 is 0. The molecule has 1 saturated heterocycles. The van der Waals surface area contributed by atoms with Crippen LogP contribution in [-0.2, 0) is 4.74 Å². The molecule has 18 heavy (non-hydrogen) atoms. The number of benzene rings is 1. The molecule has 2 aliphatic rings. The molecule has 3 atom stereocenters. The van der Waals surface area contributed by atoms with Gasteiger partial charge in [0.1, 0.15) is 0 Å². The Balaban J connectivity index is 1.44. The normalized spacial score (nSPS) is 33.6. The number of rotatable bonds is 4. The fourth-order valence-corrected chi connectivity index (χ4v) is 2.99. The van der Waals surface area contributed by atoms with Crippen LogP contribution in [0.3, 0.4) is 0 Å². The lowest BCUT2D eigenvalue weighted by molar-refractivity contribution is -0.0143. The van der Waals surface area contributed by atoms with Crippen LogP contribution in [0.2, 0.25) is 0 Å². The van der Waals surface area contributed by atoms with Gasteiger partial charge in [0.2, 0.25) is 0 Å². The second-order valence-electron chi connectivity index (χ2n) is 6.31. The molecule has 2 heteroatoms. The molecule has 98 valence electrons. The molecule has 2 fully saturated rings. The van der Waals surface area contributed by atoms with Crippen LogP contribution in [0.25, 0.3) is 0 Å². The molecule has 1 aromatic carbocycles. The average molecular weight is 245 g/mol. The van der Waals surface area contributed by atoms with Crippen molar-refractivity contribution in [2.75, 3.05) is 6.54 Å². The van der Waals surface area contributed by atoms with Crippen molar-refractivity contribution < 1.29 is 4.74 Å². The molecular formula is C16H23NO. The van der Waals surface area contributed by atoms with Crippen molar-refractivity contribution in [1.29, 1.82) is 0 Å². The van der Waals surface area contributed by atoms with E-state index in [4.69, 9.17) is 4.74 Å². The van der Waals surface area contributed by atoms with E-state index in [1.807, 2.05) is 0 Å². The van der Waals surface area contributed by atoms with Crippen LogP contribution in [0.1, 0.15) is 44.6 Å². The van der Waals surface area contributed by atoms with Gasteiger partial charge in [0.15, 0.2) is 0 Å². The van der Waals surface area contributed by atoms with E-state index in [0.717, 1.165) is 12.5 Å². The highest BCUT2D eigenvalue weighted by molar-refractivity contribution is 5.27. The maximum Gasteiger partial charge on any atom is 0.0707 e. The lowest BCUT2D eigenvalue weighted by Crippen LogP contribution is -2.31. The van der Waals surface area contributed by atoms with Gasteiger partial charge in [-0.05, 0) is 38.7 Å². The fourth-order valence-electron chi connectivity index (χ4n) is 2.99. The van der Waals surface area contributed by atoms with Crippen molar-refractivity contribution >= 4 is 0 Å². The van der Waals surface area contributed by atoms with E-state index in [2.05, 4.69) is 49.5 Å². The Hall–Kier alpha value is -0.860. The maximum absolute atomic E-state index is 6.01. The van der Waals surface area contributed by atoms with Gasteiger partial charge in [-0.1, -0.05) is 30.3 Å². The third kappa shape index (κ3) is 2.76. The van der Waals surface area contributed by atoms with Gasteiger partial charge in [0.05, 0.1) is 11.7 Å². The SMILES string of the molecule is CC1(C)CCC(CNC2CC2c2ccccc2)O1. The predicted octanol–water partition coefficient (Wildman–Crippen LogP) is 3.09. The number of hydrogen-bond donors (Lipinski definition) is 1. The van der Waals surface area contributed by atoms with E-state index in [1.54, 1.807) is 0 Å². The zero-order valence-electron chi connectivity index (χ0n) is 11.4. The minimum absolute atomic E-state index is 0.0920. The molecule has 1 aliphatic heterocycles. The van der Waals surface area contributed by atoms with Gasteiger partial charge in [0.25, 0.3) is 0 Å². The van der Waals surface area contributed by atoms with Gasteiger partial charge in [-0.25, -0.2) is 0 Å². The Morgan fingerprint density at radius 3 is 2.72 bits per heavy atom. The standard InChI is InChI=1S/C16H23NO/c1-16(2)9-8-13(18-16)11-17-15-10-14(15)12-6-4-3-5-7-12/h3-7,13-15,17H,8-11H2,1-2H3. The lowest BCUT2D eigenvalue weighted by Gasteiger charge is -2.19. The molecule has 0 amide bonds. The second kappa shape index (κ2) is 4.67. The van der Waals surface area contributed by atoms with E-state index in [9.17, 15) is 0 Å². The Labute approximate surface area is 110 Å². The first-order valence-corrected chi connectivity index (χ1v) is 7.10. The first kappa shape index (κ1) is 12.2. The summed E-state index contributed by atoms with van der Waals surface area (Å²) < 4.78 is 6.01. The molecule has 1 saturated carbocycles. The molecule has 0 aromatic heterocycles. The van der Waals surface area contributed by atoms with Gasteiger partial charge in [-0.15, -0.1) is 0 Å². The minimum atomic E-state index is 0.0920. The second-order valence-corrected chi connectivity index (χ2v) is 6.31. The number of ether oxygens (including phenoxy) is 1. The van der Waals surface area contributed by atoms with Gasteiger partial charge in [-0.2, -0.15) is 0 Å².